The Labute approximate surface area is 125 Å². The summed E-state index contributed by atoms with van der Waals surface area (Å²) in [5.41, 5.74) is 6.38. The first-order valence-electron chi connectivity index (χ1n) is 7.24. The number of carbonyl (C=O) groups excluding carboxylic acids is 1. The molecule has 1 unspecified atom stereocenters. The van der Waals surface area contributed by atoms with Crippen molar-refractivity contribution in [2.45, 2.75) is 18.9 Å². The summed E-state index contributed by atoms with van der Waals surface area (Å²) in [4.78, 5) is 14.2. The van der Waals surface area contributed by atoms with Gasteiger partial charge in [-0.2, -0.15) is 0 Å². The highest BCUT2D eigenvalue weighted by Gasteiger charge is 2.22. The molecule has 6 heteroatoms. The first kappa shape index (κ1) is 15.6. The maximum absolute atomic E-state index is 12.5. The van der Waals surface area contributed by atoms with Gasteiger partial charge in [0.2, 0.25) is 0 Å². The number of amides is 2. The highest BCUT2D eigenvalue weighted by Crippen LogP contribution is 2.21. The van der Waals surface area contributed by atoms with Gasteiger partial charge in [0.05, 0.1) is 19.8 Å². The predicted molar refractivity (Wildman–Crippen MR) is 81.8 cm³/mol. The Hall–Kier alpha value is -1.79. The molecule has 0 saturated carbocycles. The van der Waals surface area contributed by atoms with E-state index in [2.05, 4.69) is 5.32 Å². The first-order chi connectivity index (χ1) is 10.2. The molecular weight excluding hydrogens is 270 g/mol. The quantitative estimate of drug-likeness (QED) is 0.830. The number of methoxy groups -OCH3 is 1. The van der Waals surface area contributed by atoms with Crippen LogP contribution in [0.1, 0.15) is 12.8 Å². The molecule has 1 saturated heterocycles. The number of carbonyl (C=O) groups is 1. The number of benzene rings is 1. The number of urea groups is 1. The summed E-state index contributed by atoms with van der Waals surface area (Å²) in [7, 11) is 1.61. The Morgan fingerprint density at radius 3 is 3.10 bits per heavy atom. The molecule has 0 aromatic heterocycles. The van der Waals surface area contributed by atoms with E-state index in [1.165, 1.54) is 0 Å². The minimum Gasteiger partial charge on any atom is -0.497 e. The lowest BCUT2D eigenvalue weighted by Gasteiger charge is -2.25. The molecule has 1 heterocycles. The van der Waals surface area contributed by atoms with Gasteiger partial charge in [0.1, 0.15) is 5.75 Å². The normalized spacial score (nSPS) is 17.5. The van der Waals surface area contributed by atoms with Crippen molar-refractivity contribution >= 4 is 11.7 Å². The van der Waals surface area contributed by atoms with E-state index in [9.17, 15) is 4.79 Å². The Balaban J connectivity index is 2.09. The van der Waals surface area contributed by atoms with Crippen molar-refractivity contribution < 1.29 is 14.3 Å². The van der Waals surface area contributed by atoms with Gasteiger partial charge in [0.15, 0.2) is 0 Å². The zero-order valence-electron chi connectivity index (χ0n) is 12.4. The summed E-state index contributed by atoms with van der Waals surface area (Å²) in [6.07, 6.45) is 1.60. The highest BCUT2D eigenvalue weighted by molar-refractivity contribution is 5.92. The molecule has 0 aliphatic carbocycles. The lowest BCUT2D eigenvalue weighted by atomic mass is 10.2. The van der Waals surface area contributed by atoms with Crippen LogP contribution in [0.5, 0.6) is 5.75 Å². The van der Waals surface area contributed by atoms with E-state index in [0.29, 0.717) is 26.3 Å². The van der Waals surface area contributed by atoms with E-state index < -0.39 is 0 Å². The largest absolute Gasteiger partial charge is 0.497 e. The molecule has 1 fully saturated rings. The van der Waals surface area contributed by atoms with Crippen molar-refractivity contribution in [1.29, 1.82) is 0 Å². The molecule has 0 spiro atoms. The van der Waals surface area contributed by atoms with Crippen LogP contribution >= 0.6 is 0 Å². The average molecular weight is 293 g/mol. The number of nitrogens with two attached hydrogens (primary N) is 1. The summed E-state index contributed by atoms with van der Waals surface area (Å²) in [5, 5.41) is 3.00. The number of hydrogen-bond donors (Lipinski definition) is 2. The van der Waals surface area contributed by atoms with Crippen LogP contribution in [0, 0.1) is 0 Å². The molecule has 0 radical (unpaired) electrons. The van der Waals surface area contributed by atoms with Crippen molar-refractivity contribution in [3.63, 3.8) is 0 Å². The zero-order chi connectivity index (χ0) is 15.1. The number of nitrogens with zero attached hydrogens (tertiary/aromatic N) is 1. The minimum absolute atomic E-state index is 0.0866. The fraction of sp³-hybridized carbons (Fsp3) is 0.533. The van der Waals surface area contributed by atoms with E-state index in [4.69, 9.17) is 15.2 Å². The van der Waals surface area contributed by atoms with Gasteiger partial charge in [0.25, 0.3) is 0 Å². The molecular formula is C15H23N3O3. The third kappa shape index (κ3) is 4.34. The maximum atomic E-state index is 12.5. The Kier molecular flexibility index (Phi) is 5.83. The second kappa shape index (κ2) is 7.85. The summed E-state index contributed by atoms with van der Waals surface area (Å²) < 4.78 is 10.5. The second-order valence-corrected chi connectivity index (χ2v) is 5.01. The second-order valence-electron chi connectivity index (χ2n) is 5.01. The van der Waals surface area contributed by atoms with Crippen molar-refractivity contribution in [1.82, 2.24) is 5.32 Å². The SMILES string of the molecule is COc1cccc(N(CCCN)C(=O)NC2CCOC2)c1. The number of nitrogens with one attached hydrogen (secondary N) is 1. The van der Waals surface area contributed by atoms with Gasteiger partial charge in [0, 0.05) is 24.9 Å². The van der Waals surface area contributed by atoms with Gasteiger partial charge in [-0.3, -0.25) is 4.90 Å². The van der Waals surface area contributed by atoms with Crippen LogP contribution in [-0.2, 0) is 4.74 Å². The molecule has 6 nitrogen and oxygen atoms in total. The van der Waals surface area contributed by atoms with Crippen LogP contribution in [0.15, 0.2) is 24.3 Å². The molecule has 3 N–H and O–H groups in total. The van der Waals surface area contributed by atoms with E-state index in [1.54, 1.807) is 12.0 Å². The lowest BCUT2D eigenvalue weighted by molar-refractivity contribution is 0.189. The topological polar surface area (TPSA) is 76.8 Å². The molecule has 1 aliphatic rings. The first-order valence-corrected chi connectivity index (χ1v) is 7.24. The molecule has 116 valence electrons. The van der Waals surface area contributed by atoms with Crippen molar-refractivity contribution in [2.24, 2.45) is 5.73 Å². The number of ether oxygens (including phenoxy) is 2. The van der Waals surface area contributed by atoms with Crippen molar-refractivity contribution in [3.8, 4) is 5.75 Å². The molecule has 1 atom stereocenters. The van der Waals surface area contributed by atoms with Crippen LogP contribution in [0.2, 0.25) is 0 Å². The monoisotopic (exact) mass is 293 g/mol. The minimum atomic E-state index is -0.118. The predicted octanol–water partition coefficient (Wildman–Crippen LogP) is 1.35. The Morgan fingerprint density at radius 1 is 1.57 bits per heavy atom. The molecule has 0 bridgehead atoms. The summed E-state index contributed by atoms with van der Waals surface area (Å²) in [6, 6.07) is 7.43. The number of rotatable bonds is 6. The van der Waals surface area contributed by atoms with E-state index in [-0.39, 0.29) is 12.1 Å². The van der Waals surface area contributed by atoms with E-state index in [0.717, 1.165) is 24.3 Å². The van der Waals surface area contributed by atoms with Crippen molar-refractivity contribution in [3.05, 3.63) is 24.3 Å². The third-order valence-corrected chi connectivity index (χ3v) is 3.45. The fourth-order valence-corrected chi connectivity index (χ4v) is 2.28. The summed E-state index contributed by atoms with van der Waals surface area (Å²) in [6.45, 7) is 2.39. The zero-order valence-corrected chi connectivity index (χ0v) is 12.4. The standard InChI is InChI=1S/C15H23N3O3/c1-20-14-5-2-4-13(10-14)18(8-3-7-16)15(19)17-12-6-9-21-11-12/h2,4-5,10,12H,3,6-9,11,16H2,1H3,(H,17,19). The third-order valence-electron chi connectivity index (χ3n) is 3.45. The van der Waals surface area contributed by atoms with Gasteiger partial charge in [-0.25, -0.2) is 4.79 Å². The van der Waals surface area contributed by atoms with Crippen LogP contribution in [-0.4, -0.2) is 45.5 Å². The molecule has 2 rings (SSSR count). The van der Waals surface area contributed by atoms with Crippen LogP contribution in [0.25, 0.3) is 0 Å². The smallest absolute Gasteiger partial charge is 0.322 e. The van der Waals surface area contributed by atoms with Crippen LogP contribution in [0.4, 0.5) is 10.5 Å². The number of anilines is 1. The summed E-state index contributed by atoms with van der Waals surface area (Å²) >= 11 is 0. The molecule has 21 heavy (non-hydrogen) atoms. The average Bonchev–Trinajstić information content (AvgIpc) is 3.01. The van der Waals surface area contributed by atoms with Crippen LogP contribution < -0.4 is 20.7 Å². The van der Waals surface area contributed by atoms with Gasteiger partial charge in [-0.15, -0.1) is 0 Å². The fourth-order valence-electron chi connectivity index (χ4n) is 2.28. The van der Waals surface area contributed by atoms with Crippen molar-refractivity contribution in [2.75, 3.05) is 38.3 Å². The maximum Gasteiger partial charge on any atom is 0.322 e. The molecule has 1 aliphatic heterocycles. The van der Waals surface area contributed by atoms with Gasteiger partial charge in [-0.05, 0) is 31.5 Å². The molecule has 1 aromatic rings. The molecule has 2 amide bonds. The molecule has 1 aromatic carbocycles. The van der Waals surface area contributed by atoms with Gasteiger partial charge in [-0.1, -0.05) is 6.07 Å². The summed E-state index contributed by atoms with van der Waals surface area (Å²) in [5.74, 6) is 0.724. The van der Waals surface area contributed by atoms with Gasteiger partial charge < -0.3 is 20.5 Å². The Bertz CT molecular complexity index is 461. The lowest BCUT2D eigenvalue weighted by Crippen LogP contribution is -2.46. The number of hydrogen-bond acceptors (Lipinski definition) is 4. The highest BCUT2D eigenvalue weighted by atomic mass is 16.5. The van der Waals surface area contributed by atoms with E-state index in [1.807, 2.05) is 24.3 Å². The Morgan fingerprint density at radius 2 is 2.43 bits per heavy atom. The van der Waals surface area contributed by atoms with Gasteiger partial charge >= 0.3 is 6.03 Å². The van der Waals surface area contributed by atoms with Crippen LogP contribution in [0.3, 0.4) is 0 Å². The van der Waals surface area contributed by atoms with E-state index >= 15 is 0 Å².